The van der Waals surface area contributed by atoms with Gasteiger partial charge in [0.2, 0.25) is 0 Å². The van der Waals surface area contributed by atoms with Gasteiger partial charge in [0.05, 0.1) is 20.3 Å². The van der Waals surface area contributed by atoms with Gasteiger partial charge in [0.25, 0.3) is 0 Å². The fourth-order valence-electron chi connectivity index (χ4n) is 2.57. The highest BCUT2D eigenvalue weighted by atomic mass is 19.4. The molecule has 2 aromatic carbocycles. The van der Waals surface area contributed by atoms with Crippen LogP contribution in [0, 0.1) is 0 Å². The Morgan fingerprint density at radius 3 is 2.30 bits per heavy atom. The van der Waals surface area contributed by atoms with Crippen molar-refractivity contribution in [1.82, 2.24) is 10.6 Å². The van der Waals surface area contributed by atoms with Crippen LogP contribution in [0.5, 0.6) is 11.5 Å². The minimum atomic E-state index is -4.32. The zero-order chi connectivity index (χ0) is 22.0. The Labute approximate surface area is 173 Å². The van der Waals surface area contributed by atoms with Crippen LogP contribution in [-0.2, 0) is 24.4 Å². The van der Waals surface area contributed by atoms with Crippen LogP contribution < -0.4 is 15.4 Å². The first-order valence-electron chi connectivity index (χ1n) is 9.41. The quantitative estimate of drug-likeness (QED) is 0.422. The third-order valence-corrected chi connectivity index (χ3v) is 4.02. The van der Waals surface area contributed by atoms with Crippen LogP contribution in [0.4, 0.5) is 13.2 Å². The highest BCUT2D eigenvalue weighted by molar-refractivity contribution is 5.79. The SMILES string of the molecule is CCNC(=NCc1ccc(OC)c(O)c1)NCc1ccc(COCC(F)(F)F)cc1. The first-order valence-corrected chi connectivity index (χ1v) is 9.41. The summed E-state index contributed by atoms with van der Waals surface area (Å²) in [4.78, 5) is 4.49. The molecule has 30 heavy (non-hydrogen) atoms. The summed E-state index contributed by atoms with van der Waals surface area (Å²) < 4.78 is 46.0. The molecule has 3 N–H and O–H groups in total. The van der Waals surface area contributed by atoms with E-state index < -0.39 is 12.8 Å². The third-order valence-electron chi connectivity index (χ3n) is 4.02. The van der Waals surface area contributed by atoms with E-state index in [2.05, 4.69) is 20.4 Å². The molecule has 0 saturated carbocycles. The van der Waals surface area contributed by atoms with E-state index in [-0.39, 0.29) is 12.4 Å². The molecule has 0 aliphatic carbocycles. The van der Waals surface area contributed by atoms with Crippen LogP contribution in [0.2, 0.25) is 0 Å². The number of nitrogens with zero attached hydrogens (tertiary/aromatic N) is 1. The number of aromatic hydroxyl groups is 1. The summed E-state index contributed by atoms with van der Waals surface area (Å²) >= 11 is 0. The predicted octanol–water partition coefficient (Wildman–Crippen LogP) is 3.74. The number of halogens is 3. The van der Waals surface area contributed by atoms with E-state index in [1.54, 1.807) is 24.3 Å². The summed E-state index contributed by atoms with van der Waals surface area (Å²) in [5, 5.41) is 16.2. The molecule has 6 nitrogen and oxygen atoms in total. The normalized spacial score (nSPS) is 12.0. The molecule has 9 heteroatoms. The number of methoxy groups -OCH3 is 1. The molecule has 0 saturated heterocycles. The lowest BCUT2D eigenvalue weighted by molar-refractivity contribution is -0.176. The first-order chi connectivity index (χ1) is 14.3. The standard InChI is InChI=1S/C21H26F3N3O3/c1-3-25-20(27-12-17-8-9-19(29-2)18(28)10-17)26-11-15-4-6-16(7-5-15)13-30-14-21(22,23)24/h4-10,28H,3,11-14H2,1-2H3,(H2,25,26,27). The number of aliphatic imine (C=N–C) groups is 1. The van der Waals surface area contributed by atoms with Crippen molar-refractivity contribution in [2.75, 3.05) is 20.3 Å². The number of phenols is 1. The fourth-order valence-corrected chi connectivity index (χ4v) is 2.57. The van der Waals surface area contributed by atoms with E-state index in [0.29, 0.717) is 36.9 Å². The number of alkyl halides is 3. The van der Waals surface area contributed by atoms with Crippen LogP contribution in [0.1, 0.15) is 23.6 Å². The van der Waals surface area contributed by atoms with Crippen molar-refractivity contribution < 1.29 is 27.8 Å². The Bertz CT molecular complexity index is 824. The van der Waals surface area contributed by atoms with Gasteiger partial charge in [-0.1, -0.05) is 30.3 Å². The molecule has 0 atom stereocenters. The maximum absolute atomic E-state index is 12.1. The molecule has 0 radical (unpaired) electrons. The second kappa shape index (κ2) is 11.3. The summed E-state index contributed by atoms with van der Waals surface area (Å²) in [5.74, 6) is 1.06. The second-order valence-corrected chi connectivity index (χ2v) is 6.48. The topological polar surface area (TPSA) is 75.1 Å². The number of guanidine groups is 1. The molecule has 0 spiro atoms. The number of hydrogen-bond acceptors (Lipinski definition) is 4. The molecule has 164 valence electrons. The first kappa shape index (κ1) is 23.3. The van der Waals surface area contributed by atoms with Crippen LogP contribution in [-0.4, -0.2) is 37.5 Å². The lowest BCUT2D eigenvalue weighted by Gasteiger charge is -2.12. The number of phenolic OH excluding ortho intramolecular Hbond substituents is 1. The van der Waals surface area contributed by atoms with Gasteiger partial charge < -0.3 is 25.2 Å². The zero-order valence-corrected chi connectivity index (χ0v) is 16.9. The van der Waals surface area contributed by atoms with Crippen molar-refractivity contribution in [2.45, 2.75) is 32.8 Å². The molecule has 0 aromatic heterocycles. The van der Waals surface area contributed by atoms with Gasteiger partial charge in [-0.25, -0.2) is 4.99 Å². The van der Waals surface area contributed by atoms with E-state index in [1.165, 1.54) is 7.11 Å². The van der Waals surface area contributed by atoms with Crippen molar-refractivity contribution in [3.63, 3.8) is 0 Å². The summed E-state index contributed by atoms with van der Waals surface area (Å²) in [6, 6.07) is 12.2. The molecule has 2 rings (SSSR count). The summed E-state index contributed by atoms with van der Waals surface area (Å²) in [7, 11) is 1.49. The highest BCUT2D eigenvalue weighted by Gasteiger charge is 2.27. The van der Waals surface area contributed by atoms with Crippen molar-refractivity contribution in [3.05, 3.63) is 59.2 Å². The van der Waals surface area contributed by atoms with Gasteiger partial charge in [0.15, 0.2) is 17.5 Å². The lowest BCUT2D eigenvalue weighted by atomic mass is 10.1. The minimum absolute atomic E-state index is 0.0578. The molecule has 0 bridgehead atoms. The maximum atomic E-state index is 12.1. The Morgan fingerprint density at radius 1 is 1.03 bits per heavy atom. The Morgan fingerprint density at radius 2 is 1.70 bits per heavy atom. The molecule has 0 aliphatic rings. The second-order valence-electron chi connectivity index (χ2n) is 6.48. The van der Waals surface area contributed by atoms with E-state index >= 15 is 0 Å². The number of nitrogens with one attached hydrogen (secondary N) is 2. The van der Waals surface area contributed by atoms with Gasteiger partial charge in [0, 0.05) is 13.1 Å². The number of rotatable bonds is 9. The van der Waals surface area contributed by atoms with E-state index in [1.807, 2.05) is 25.1 Å². The Balaban J connectivity index is 1.89. The largest absolute Gasteiger partial charge is 0.504 e. The predicted molar refractivity (Wildman–Crippen MR) is 108 cm³/mol. The zero-order valence-electron chi connectivity index (χ0n) is 16.9. The van der Waals surface area contributed by atoms with Gasteiger partial charge in [-0.2, -0.15) is 13.2 Å². The molecule has 2 aromatic rings. The summed E-state index contributed by atoms with van der Waals surface area (Å²) in [6.45, 7) is 2.13. The maximum Gasteiger partial charge on any atom is 0.411 e. The van der Waals surface area contributed by atoms with E-state index in [0.717, 1.165) is 11.1 Å². The molecular formula is C21H26F3N3O3. The van der Waals surface area contributed by atoms with Gasteiger partial charge in [-0.3, -0.25) is 0 Å². The Kier molecular flexibility index (Phi) is 8.79. The van der Waals surface area contributed by atoms with E-state index in [4.69, 9.17) is 4.74 Å². The van der Waals surface area contributed by atoms with Crippen LogP contribution in [0.15, 0.2) is 47.5 Å². The van der Waals surface area contributed by atoms with Gasteiger partial charge in [0.1, 0.15) is 6.61 Å². The third kappa shape index (κ3) is 8.20. The smallest absolute Gasteiger partial charge is 0.411 e. The van der Waals surface area contributed by atoms with Crippen LogP contribution >= 0.6 is 0 Å². The average molecular weight is 425 g/mol. The monoisotopic (exact) mass is 425 g/mol. The number of hydrogen-bond donors (Lipinski definition) is 3. The molecule has 0 aliphatic heterocycles. The molecular weight excluding hydrogens is 399 g/mol. The molecule has 0 heterocycles. The van der Waals surface area contributed by atoms with Crippen LogP contribution in [0.3, 0.4) is 0 Å². The lowest BCUT2D eigenvalue weighted by Crippen LogP contribution is -2.36. The highest BCUT2D eigenvalue weighted by Crippen LogP contribution is 2.26. The number of ether oxygens (including phenoxy) is 2. The van der Waals surface area contributed by atoms with Gasteiger partial charge in [-0.05, 0) is 35.7 Å². The van der Waals surface area contributed by atoms with Crippen molar-refractivity contribution in [2.24, 2.45) is 4.99 Å². The summed E-state index contributed by atoms with van der Waals surface area (Å²) in [6.07, 6.45) is -4.32. The summed E-state index contributed by atoms with van der Waals surface area (Å²) in [5.41, 5.74) is 2.44. The van der Waals surface area contributed by atoms with Crippen molar-refractivity contribution in [3.8, 4) is 11.5 Å². The number of benzene rings is 2. The van der Waals surface area contributed by atoms with E-state index in [9.17, 15) is 18.3 Å². The molecule has 0 amide bonds. The molecule has 0 fully saturated rings. The van der Waals surface area contributed by atoms with Gasteiger partial charge in [-0.15, -0.1) is 0 Å². The molecule has 0 unspecified atom stereocenters. The Hall–Kier alpha value is -2.94. The van der Waals surface area contributed by atoms with Crippen LogP contribution in [0.25, 0.3) is 0 Å². The van der Waals surface area contributed by atoms with Crippen molar-refractivity contribution >= 4 is 5.96 Å². The average Bonchev–Trinajstić information content (AvgIpc) is 2.70. The van der Waals surface area contributed by atoms with Gasteiger partial charge >= 0.3 is 6.18 Å². The minimum Gasteiger partial charge on any atom is -0.504 e. The fraction of sp³-hybridized carbons (Fsp3) is 0.381. The van der Waals surface area contributed by atoms with Crippen molar-refractivity contribution in [1.29, 1.82) is 0 Å².